The highest BCUT2D eigenvalue weighted by atomic mass is 16.6. The highest BCUT2D eigenvalue weighted by Gasteiger charge is 2.23. The number of anilines is 1. The SMILES string of the molecule is COc1ccc(NC(=O)OC(C)(C)C)cc1C1CCN1. The summed E-state index contributed by atoms with van der Waals surface area (Å²) in [6.07, 6.45) is 0.627. The Hall–Kier alpha value is -1.75. The number of benzene rings is 1. The van der Waals surface area contributed by atoms with Crippen LogP contribution in [0.25, 0.3) is 0 Å². The van der Waals surface area contributed by atoms with Gasteiger partial charge in [-0.2, -0.15) is 0 Å². The Morgan fingerprint density at radius 2 is 2.10 bits per heavy atom. The highest BCUT2D eigenvalue weighted by Crippen LogP contribution is 2.33. The van der Waals surface area contributed by atoms with Crippen LogP contribution in [0.15, 0.2) is 18.2 Å². The maximum Gasteiger partial charge on any atom is 0.412 e. The van der Waals surface area contributed by atoms with E-state index in [9.17, 15) is 4.79 Å². The number of ether oxygens (including phenoxy) is 2. The topological polar surface area (TPSA) is 59.6 Å². The number of nitrogens with one attached hydrogen (secondary N) is 2. The Bertz CT molecular complexity index is 490. The van der Waals surface area contributed by atoms with Gasteiger partial charge in [-0.3, -0.25) is 5.32 Å². The second-order valence-electron chi connectivity index (χ2n) is 5.88. The number of hydrogen-bond donors (Lipinski definition) is 2. The van der Waals surface area contributed by atoms with Gasteiger partial charge in [-0.1, -0.05) is 0 Å². The molecular weight excluding hydrogens is 256 g/mol. The average Bonchev–Trinajstić information content (AvgIpc) is 2.24. The Morgan fingerprint density at radius 1 is 1.40 bits per heavy atom. The lowest BCUT2D eigenvalue weighted by Gasteiger charge is -2.29. The molecule has 1 amide bonds. The largest absolute Gasteiger partial charge is 0.496 e. The van der Waals surface area contributed by atoms with E-state index in [1.807, 2.05) is 39.0 Å². The van der Waals surface area contributed by atoms with Gasteiger partial charge in [0, 0.05) is 17.3 Å². The molecule has 2 rings (SSSR count). The zero-order valence-electron chi connectivity index (χ0n) is 12.4. The molecular formula is C15H22N2O3. The summed E-state index contributed by atoms with van der Waals surface area (Å²) >= 11 is 0. The highest BCUT2D eigenvalue weighted by molar-refractivity contribution is 5.85. The molecule has 0 bridgehead atoms. The lowest BCUT2D eigenvalue weighted by atomic mass is 9.96. The van der Waals surface area contributed by atoms with Gasteiger partial charge in [0.2, 0.25) is 0 Å². The van der Waals surface area contributed by atoms with Crippen molar-refractivity contribution in [3.05, 3.63) is 23.8 Å². The quantitative estimate of drug-likeness (QED) is 0.892. The van der Waals surface area contributed by atoms with E-state index in [2.05, 4.69) is 10.6 Å². The van der Waals surface area contributed by atoms with Gasteiger partial charge in [0.15, 0.2) is 0 Å². The summed E-state index contributed by atoms with van der Waals surface area (Å²) in [6.45, 7) is 6.52. The first-order chi connectivity index (χ1) is 9.39. The van der Waals surface area contributed by atoms with E-state index < -0.39 is 11.7 Å². The zero-order chi connectivity index (χ0) is 14.8. The van der Waals surface area contributed by atoms with Crippen molar-refractivity contribution in [3.8, 4) is 5.75 Å². The number of carbonyl (C=O) groups is 1. The molecule has 0 aliphatic carbocycles. The Balaban J connectivity index is 2.10. The second-order valence-corrected chi connectivity index (χ2v) is 5.88. The zero-order valence-corrected chi connectivity index (χ0v) is 12.4. The molecule has 110 valence electrons. The molecule has 2 N–H and O–H groups in total. The van der Waals surface area contributed by atoms with Crippen molar-refractivity contribution >= 4 is 11.8 Å². The van der Waals surface area contributed by atoms with E-state index in [4.69, 9.17) is 9.47 Å². The molecule has 5 nitrogen and oxygen atoms in total. The van der Waals surface area contributed by atoms with Crippen molar-refractivity contribution in [3.63, 3.8) is 0 Å². The molecule has 1 aromatic carbocycles. The summed E-state index contributed by atoms with van der Waals surface area (Å²) in [7, 11) is 1.65. The van der Waals surface area contributed by atoms with Crippen molar-refractivity contribution in [1.82, 2.24) is 5.32 Å². The fourth-order valence-corrected chi connectivity index (χ4v) is 2.06. The molecule has 1 saturated heterocycles. The lowest BCUT2D eigenvalue weighted by Crippen LogP contribution is -2.35. The van der Waals surface area contributed by atoms with Crippen LogP contribution < -0.4 is 15.4 Å². The third kappa shape index (κ3) is 3.63. The molecule has 1 fully saturated rings. The number of rotatable bonds is 3. The van der Waals surface area contributed by atoms with Crippen LogP contribution in [0.4, 0.5) is 10.5 Å². The van der Waals surface area contributed by atoms with Crippen molar-refractivity contribution in [2.75, 3.05) is 19.0 Å². The summed E-state index contributed by atoms with van der Waals surface area (Å²) in [5.41, 5.74) is 1.27. The molecule has 0 saturated carbocycles. The number of methoxy groups -OCH3 is 1. The van der Waals surface area contributed by atoms with Gasteiger partial charge in [-0.25, -0.2) is 4.79 Å². The summed E-state index contributed by atoms with van der Waals surface area (Å²) in [5, 5.41) is 6.08. The molecule has 1 aromatic rings. The van der Waals surface area contributed by atoms with Crippen LogP contribution in [0.1, 0.15) is 38.8 Å². The van der Waals surface area contributed by atoms with Gasteiger partial charge >= 0.3 is 6.09 Å². The molecule has 20 heavy (non-hydrogen) atoms. The number of carbonyl (C=O) groups excluding carboxylic acids is 1. The van der Waals surface area contributed by atoms with Gasteiger partial charge in [-0.15, -0.1) is 0 Å². The monoisotopic (exact) mass is 278 g/mol. The molecule has 5 heteroatoms. The van der Waals surface area contributed by atoms with E-state index in [0.717, 1.165) is 24.3 Å². The minimum Gasteiger partial charge on any atom is -0.496 e. The maximum absolute atomic E-state index is 11.8. The standard InChI is InChI=1S/C15H22N2O3/c1-15(2,3)20-14(18)17-10-5-6-13(19-4)11(9-10)12-7-8-16-12/h5-6,9,12,16H,7-8H2,1-4H3,(H,17,18). The minimum absolute atomic E-state index is 0.297. The third-order valence-corrected chi connectivity index (χ3v) is 3.07. The molecule has 1 unspecified atom stereocenters. The Labute approximate surface area is 119 Å². The first-order valence-corrected chi connectivity index (χ1v) is 6.80. The van der Waals surface area contributed by atoms with Crippen LogP contribution in [0.3, 0.4) is 0 Å². The summed E-state index contributed by atoms with van der Waals surface area (Å²) < 4.78 is 10.6. The fraction of sp³-hybridized carbons (Fsp3) is 0.533. The van der Waals surface area contributed by atoms with Crippen molar-refractivity contribution < 1.29 is 14.3 Å². The predicted octanol–water partition coefficient (Wildman–Crippen LogP) is 3.08. The molecule has 0 spiro atoms. The van der Waals surface area contributed by atoms with Crippen LogP contribution in [0.5, 0.6) is 5.75 Å². The van der Waals surface area contributed by atoms with Gasteiger partial charge in [-0.05, 0) is 51.9 Å². The van der Waals surface area contributed by atoms with Crippen molar-refractivity contribution in [2.24, 2.45) is 0 Å². The normalized spacial score (nSPS) is 18.1. The molecule has 0 aromatic heterocycles. The van der Waals surface area contributed by atoms with Crippen LogP contribution in [0, 0.1) is 0 Å². The molecule has 1 aliphatic rings. The van der Waals surface area contributed by atoms with Crippen molar-refractivity contribution in [1.29, 1.82) is 0 Å². The summed E-state index contributed by atoms with van der Waals surface area (Å²) in [4.78, 5) is 11.8. The molecule has 0 radical (unpaired) electrons. The van der Waals surface area contributed by atoms with E-state index in [1.165, 1.54) is 0 Å². The Morgan fingerprint density at radius 3 is 2.60 bits per heavy atom. The average molecular weight is 278 g/mol. The predicted molar refractivity (Wildman–Crippen MR) is 78.2 cm³/mol. The van der Waals surface area contributed by atoms with Crippen LogP contribution in [-0.4, -0.2) is 25.3 Å². The van der Waals surface area contributed by atoms with E-state index >= 15 is 0 Å². The minimum atomic E-state index is -0.505. The third-order valence-electron chi connectivity index (χ3n) is 3.07. The first-order valence-electron chi connectivity index (χ1n) is 6.80. The second kappa shape index (κ2) is 5.71. The van der Waals surface area contributed by atoms with Gasteiger partial charge < -0.3 is 14.8 Å². The summed E-state index contributed by atoms with van der Waals surface area (Å²) in [6, 6.07) is 5.90. The fourth-order valence-electron chi connectivity index (χ4n) is 2.06. The summed E-state index contributed by atoms with van der Waals surface area (Å²) in [5.74, 6) is 0.830. The van der Waals surface area contributed by atoms with E-state index in [0.29, 0.717) is 11.7 Å². The van der Waals surface area contributed by atoms with Crippen LogP contribution in [0.2, 0.25) is 0 Å². The number of amides is 1. The van der Waals surface area contributed by atoms with Gasteiger partial charge in [0.25, 0.3) is 0 Å². The molecule has 1 aliphatic heterocycles. The van der Waals surface area contributed by atoms with Gasteiger partial charge in [0.1, 0.15) is 11.4 Å². The van der Waals surface area contributed by atoms with Crippen molar-refractivity contribution in [2.45, 2.75) is 38.8 Å². The first kappa shape index (κ1) is 14.7. The molecule has 1 heterocycles. The van der Waals surface area contributed by atoms with E-state index in [-0.39, 0.29) is 0 Å². The lowest BCUT2D eigenvalue weighted by molar-refractivity contribution is 0.0636. The molecule has 1 atom stereocenters. The maximum atomic E-state index is 11.8. The van der Waals surface area contributed by atoms with Crippen LogP contribution >= 0.6 is 0 Å². The van der Waals surface area contributed by atoms with Crippen LogP contribution in [-0.2, 0) is 4.74 Å². The Kier molecular flexibility index (Phi) is 4.18. The van der Waals surface area contributed by atoms with E-state index in [1.54, 1.807) is 7.11 Å². The van der Waals surface area contributed by atoms with Gasteiger partial charge in [0.05, 0.1) is 7.11 Å². The smallest absolute Gasteiger partial charge is 0.412 e. The number of hydrogen-bond acceptors (Lipinski definition) is 4.